The zero-order valence-electron chi connectivity index (χ0n) is 32.0. The number of hydrogen-bond acceptors (Lipinski definition) is 7. The standard InChI is InChI=1S/C45H44BrN3O7Si/c1-29-42(57(2,3)54)40(26-41(51)47(23-24-50)27-30-11-5-4-6-12-30)56-45(29)35-25-32(46)19-22-36(35)48(44(45)53)28-31-17-20-33(21-18-31)49-37-14-8-10-16-39(37)55-38-15-9-7-13-34(38)43(49)52/h4-22,25,29,40,42,50,54H,23-24,26-28H2,1-3H3/t29-,40+,42-,45+/m0/s1. The van der Waals surface area contributed by atoms with Crippen LogP contribution in [0.3, 0.4) is 0 Å². The van der Waals surface area contributed by atoms with E-state index in [1.165, 1.54) is 0 Å². The fourth-order valence-corrected chi connectivity index (χ4v) is 11.8. The van der Waals surface area contributed by atoms with Gasteiger partial charge in [0.25, 0.3) is 11.8 Å². The second-order valence-electron chi connectivity index (χ2n) is 15.5. The molecule has 5 aromatic carbocycles. The molecule has 2 N–H and O–H groups in total. The van der Waals surface area contributed by atoms with Gasteiger partial charge in [-0.3, -0.25) is 19.3 Å². The first kappa shape index (κ1) is 38.7. The van der Waals surface area contributed by atoms with Crippen LogP contribution in [0.2, 0.25) is 18.6 Å². The van der Waals surface area contributed by atoms with Crippen molar-refractivity contribution in [2.75, 3.05) is 23.0 Å². The van der Waals surface area contributed by atoms with E-state index in [4.69, 9.17) is 9.47 Å². The summed E-state index contributed by atoms with van der Waals surface area (Å²) < 4.78 is 13.9. The van der Waals surface area contributed by atoms with Crippen molar-refractivity contribution in [1.82, 2.24) is 4.90 Å². The summed E-state index contributed by atoms with van der Waals surface area (Å²) in [6.45, 7) is 6.11. The lowest BCUT2D eigenvalue weighted by Gasteiger charge is -2.32. The molecule has 10 nitrogen and oxygen atoms in total. The monoisotopic (exact) mass is 845 g/mol. The number of rotatable bonds is 10. The van der Waals surface area contributed by atoms with Crippen LogP contribution in [0, 0.1) is 5.92 Å². The summed E-state index contributed by atoms with van der Waals surface area (Å²) >= 11 is 3.63. The van der Waals surface area contributed by atoms with Crippen LogP contribution in [0.5, 0.6) is 11.5 Å². The van der Waals surface area contributed by atoms with E-state index >= 15 is 4.79 Å². The number of halogens is 1. The number of amides is 3. The Hall–Kier alpha value is -5.11. The number of aliphatic hydroxyl groups is 1. The summed E-state index contributed by atoms with van der Waals surface area (Å²) in [5.74, 6) is -0.111. The lowest BCUT2D eigenvalue weighted by Crippen LogP contribution is -2.46. The first-order valence-electron chi connectivity index (χ1n) is 19.1. The summed E-state index contributed by atoms with van der Waals surface area (Å²) in [6, 6.07) is 37.5. The molecule has 1 saturated heterocycles. The highest BCUT2D eigenvalue weighted by Crippen LogP contribution is 2.60. The molecule has 8 rings (SSSR count). The van der Waals surface area contributed by atoms with Crippen LogP contribution >= 0.6 is 15.9 Å². The molecule has 0 radical (unpaired) electrons. The van der Waals surface area contributed by atoms with Crippen LogP contribution in [-0.4, -0.2) is 60.1 Å². The Balaban J connectivity index is 1.10. The normalized spacial score (nSPS) is 21.2. The Morgan fingerprint density at radius 2 is 1.54 bits per heavy atom. The molecule has 12 heteroatoms. The molecule has 0 aromatic heterocycles. The van der Waals surface area contributed by atoms with E-state index in [0.29, 0.717) is 46.2 Å². The lowest BCUT2D eigenvalue weighted by molar-refractivity contribution is -0.150. The van der Waals surface area contributed by atoms with Gasteiger partial charge in [-0.15, -0.1) is 0 Å². The van der Waals surface area contributed by atoms with Crippen LogP contribution in [0.15, 0.2) is 126 Å². The minimum Gasteiger partial charge on any atom is -0.454 e. The third-order valence-electron chi connectivity index (χ3n) is 11.4. The third-order valence-corrected chi connectivity index (χ3v) is 14.4. The molecule has 3 aliphatic rings. The molecule has 3 heterocycles. The molecule has 0 saturated carbocycles. The maximum Gasteiger partial charge on any atom is 0.266 e. The van der Waals surface area contributed by atoms with Crippen molar-refractivity contribution in [3.8, 4) is 11.5 Å². The molecule has 1 spiro atoms. The average Bonchev–Trinajstić information content (AvgIpc) is 3.56. The molecule has 5 aromatic rings. The maximum atomic E-state index is 15.1. The number of benzene rings is 5. The fourth-order valence-electron chi connectivity index (χ4n) is 8.92. The largest absolute Gasteiger partial charge is 0.454 e. The molecule has 292 valence electrons. The second-order valence-corrected chi connectivity index (χ2v) is 20.4. The predicted molar refractivity (Wildman–Crippen MR) is 224 cm³/mol. The zero-order valence-corrected chi connectivity index (χ0v) is 34.6. The Bertz CT molecular complexity index is 2340. The molecule has 0 bridgehead atoms. The molecule has 1 fully saturated rings. The van der Waals surface area contributed by atoms with Gasteiger partial charge in [0, 0.05) is 40.3 Å². The SMILES string of the molecule is C[C@H]1[C@H]([Si](C)(C)O)[C@@H](CC(=O)N(CCO)Cc2ccccc2)O[C@]12C(=O)N(Cc1ccc(N3C(=O)c4ccccc4Oc4ccccc43)cc1)c1ccc(Br)cc12. The molecular weight excluding hydrogens is 802 g/mol. The average molecular weight is 847 g/mol. The van der Waals surface area contributed by atoms with E-state index in [-0.39, 0.29) is 43.8 Å². The quantitative estimate of drug-likeness (QED) is 0.136. The van der Waals surface area contributed by atoms with Gasteiger partial charge in [-0.25, -0.2) is 0 Å². The molecule has 57 heavy (non-hydrogen) atoms. The van der Waals surface area contributed by atoms with Gasteiger partial charge in [-0.05, 0) is 78.8 Å². The number of aliphatic hydroxyl groups excluding tert-OH is 1. The number of hydrogen-bond donors (Lipinski definition) is 2. The number of fused-ring (bicyclic) bond motifs is 4. The first-order chi connectivity index (χ1) is 27.4. The summed E-state index contributed by atoms with van der Waals surface area (Å²) in [6.07, 6.45) is -0.790. The Kier molecular flexibility index (Phi) is 10.4. The fraction of sp³-hybridized carbons (Fsp3) is 0.267. The van der Waals surface area contributed by atoms with Gasteiger partial charge in [0.15, 0.2) is 19.7 Å². The molecule has 4 atom stereocenters. The number of ether oxygens (including phenoxy) is 2. The molecular formula is C45H44BrN3O7Si. The topological polar surface area (TPSA) is 120 Å². The second kappa shape index (κ2) is 15.3. The van der Waals surface area contributed by atoms with Gasteiger partial charge in [0.1, 0.15) is 5.75 Å². The van der Waals surface area contributed by atoms with Crippen molar-refractivity contribution >= 4 is 59.0 Å². The highest BCUT2D eigenvalue weighted by Gasteiger charge is 2.66. The van der Waals surface area contributed by atoms with Crippen LogP contribution in [0.4, 0.5) is 17.1 Å². The highest BCUT2D eigenvalue weighted by atomic mass is 79.9. The summed E-state index contributed by atoms with van der Waals surface area (Å²) in [5, 5.41) is 9.88. The van der Waals surface area contributed by atoms with E-state index in [1.54, 1.807) is 26.8 Å². The Labute approximate surface area is 341 Å². The predicted octanol–water partition coefficient (Wildman–Crippen LogP) is 8.29. The van der Waals surface area contributed by atoms with E-state index in [9.17, 15) is 19.5 Å². The van der Waals surface area contributed by atoms with E-state index in [1.807, 2.05) is 129 Å². The first-order valence-corrected chi connectivity index (χ1v) is 23.0. The number of anilines is 3. The third kappa shape index (κ3) is 6.99. The summed E-state index contributed by atoms with van der Waals surface area (Å²) in [4.78, 5) is 59.9. The van der Waals surface area contributed by atoms with Crippen LogP contribution in [0.25, 0.3) is 0 Å². The summed E-state index contributed by atoms with van der Waals surface area (Å²) in [7, 11) is -3.05. The van der Waals surface area contributed by atoms with E-state index < -0.39 is 31.5 Å². The number of carbonyl (C=O) groups excluding carboxylic acids is 3. The molecule has 3 aliphatic heterocycles. The minimum absolute atomic E-state index is 0.0491. The van der Waals surface area contributed by atoms with E-state index in [2.05, 4.69) is 15.9 Å². The lowest BCUT2D eigenvalue weighted by atomic mass is 9.82. The van der Waals surface area contributed by atoms with Gasteiger partial charge in [-0.1, -0.05) is 89.6 Å². The Morgan fingerprint density at radius 1 is 0.860 bits per heavy atom. The zero-order chi connectivity index (χ0) is 40.1. The van der Waals surface area contributed by atoms with Crippen LogP contribution in [-0.2, 0) is 33.0 Å². The number of nitrogens with zero attached hydrogens (tertiary/aromatic N) is 3. The van der Waals surface area contributed by atoms with Crippen molar-refractivity contribution in [2.24, 2.45) is 5.92 Å². The van der Waals surface area contributed by atoms with Gasteiger partial charge >= 0.3 is 0 Å². The number of para-hydroxylation sites is 3. The van der Waals surface area contributed by atoms with Crippen molar-refractivity contribution in [1.29, 1.82) is 0 Å². The molecule has 3 amide bonds. The van der Waals surface area contributed by atoms with Gasteiger partial charge < -0.3 is 29.2 Å². The van der Waals surface area contributed by atoms with Crippen LogP contribution < -0.4 is 14.5 Å². The Morgan fingerprint density at radius 3 is 2.26 bits per heavy atom. The summed E-state index contributed by atoms with van der Waals surface area (Å²) in [5.41, 5.74) is 2.95. The number of carbonyl (C=O) groups is 3. The maximum absolute atomic E-state index is 15.1. The molecule has 0 aliphatic carbocycles. The van der Waals surface area contributed by atoms with Gasteiger partial charge in [0.05, 0.1) is 42.6 Å². The molecule has 0 unspecified atom stereocenters. The van der Waals surface area contributed by atoms with Crippen molar-refractivity contribution < 1.29 is 33.8 Å². The van der Waals surface area contributed by atoms with Gasteiger partial charge in [-0.2, -0.15) is 0 Å². The highest BCUT2D eigenvalue weighted by molar-refractivity contribution is 9.10. The smallest absolute Gasteiger partial charge is 0.266 e. The van der Waals surface area contributed by atoms with Crippen LogP contribution in [0.1, 0.15) is 40.4 Å². The van der Waals surface area contributed by atoms with Crippen molar-refractivity contribution in [3.63, 3.8) is 0 Å². The van der Waals surface area contributed by atoms with Crippen molar-refractivity contribution in [2.45, 2.75) is 56.8 Å². The van der Waals surface area contributed by atoms with Gasteiger partial charge in [0.2, 0.25) is 5.91 Å². The van der Waals surface area contributed by atoms with Crippen molar-refractivity contribution in [3.05, 3.63) is 148 Å². The minimum atomic E-state index is -3.05. The van der Waals surface area contributed by atoms with E-state index in [0.717, 1.165) is 15.6 Å².